The molecule has 0 spiro atoms. The number of anilines is 3. The van der Waals surface area contributed by atoms with Crippen molar-refractivity contribution in [1.82, 2.24) is 14.8 Å². The molecule has 4 aromatic rings. The van der Waals surface area contributed by atoms with Gasteiger partial charge in [-0.25, -0.2) is 4.98 Å². The van der Waals surface area contributed by atoms with Gasteiger partial charge in [0.25, 0.3) is 0 Å². The van der Waals surface area contributed by atoms with E-state index >= 15 is 0 Å². The Hall–Kier alpha value is -3.64. The minimum Gasteiger partial charge on any atom is -0.379 e. The number of para-hydroxylation sites is 1. The first-order chi connectivity index (χ1) is 14.6. The van der Waals surface area contributed by atoms with E-state index in [1.54, 1.807) is 29.1 Å². The first-order valence-electron chi connectivity index (χ1n) is 9.52. The smallest absolute Gasteiger partial charge is 0.196 e. The third-order valence-corrected chi connectivity index (χ3v) is 5.45. The van der Waals surface area contributed by atoms with E-state index in [4.69, 9.17) is 11.6 Å². The number of nitrogens with zero attached hydrogens (tertiary/aromatic N) is 3. The summed E-state index contributed by atoms with van der Waals surface area (Å²) in [5.41, 5.74) is 5.22. The molecule has 3 heterocycles. The zero-order chi connectivity index (χ0) is 20.7. The summed E-state index contributed by atoms with van der Waals surface area (Å²) in [6.07, 6.45) is 3.60. The van der Waals surface area contributed by atoms with Crippen LogP contribution in [0.2, 0.25) is 5.02 Å². The van der Waals surface area contributed by atoms with E-state index < -0.39 is 0 Å². The summed E-state index contributed by atoms with van der Waals surface area (Å²) >= 11 is 6.52. The lowest BCUT2D eigenvalue weighted by Crippen LogP contribution is -2.08. The predicted molar refractivity (Wildman–Crippen MR) is 118 cm³/mol. The number of halogens is 1. The Balaban J connectivity index is 1.54. The van der Waals surface area contributed by atoms with Crippen LogP contribution in [0.3, 0.4) is 0 Å². The van der Waals surface area contributed by atoms with Crippen LogP contribution in [-0.4, -0.2) is 20.5 Å². The minimum absolute atomic E-state index is 0.155. The number of hydrogen-bond donors (Lipinski definition) is 2. The Morgan fingerprint density at radius 3 is 2.80 bits per heavy atom. The summed E-state index contributed by atoms with van der Waals surface area (Å²) in [4.78, 5) is 17.8. The highest BCUT2D eigenvalue weighted by atomic mass is 35.5. The number of carbonyl (C=O) groups excluding carboxylic acids is 1. The largest absolute Gasteiger partial charge is 0.379 e. The van der Waals surface area contributed by atoms with Gasteiger partial charge in [0.05, 0.1) is 22.1 Å². The molecule has 0 amide bonds. The average molecular weight is 416 g/mol. The van der Waals surface area contributed by atoms with Gasteiger partial charge in [-0.3, -0.25) is 9.48 Å². The van der Waals surface area contributed by atoms with Crippen LogP contribution in [0.1, 0.15) is 21.5 Å². The van der Waals surface area contributed by atoms with Crippen LogP contribution in [0.5, 0.6) is 0 Å². The van der Waals surface area contributed by atoms with Crippen LogP contribution < -0.4 is 10.6 Å². The number of rotatable bonds is 3. The number of ketones is 1. The van der Waals surface area contributed by atoms with Crippen molar-refractivity contribution < 1.29 is 4.79 Å². The van der Waals surface area contributed by atoms with Crippen molar-refractivity contribution in [2.45, 2.75) is 6.54 Å². The molecule has 1 aliphatic rings. The number of aryl methyl sites for hydroxylation is 1. The van der Waals surface area contributed by atoms with Gasteiger partial charge in [0.2, 0.25) is 0 Å². The van der Waals surface area contributed by atoms with Crippen molar-refractivity contribution in [1.29, 1.82) is 0 Å². The second-order valence-electron chi connectivity index (χ2n) is 7.12. The Morgan fingerprint density at radius 1 is 1.10 bits per heavy atom. The molecule has 30 heavy (non-hydrogen) atoms. The Labute approximate surface area is 178 Å². The van der Waals surface area contributed by atoms with Crippen LogP contribution in [0.15, 0.2) is 67.0 Å². The third-order valence-electron chi connectivity index (χ3n) is 5.14. The fourth-order valence-electron chi connectivity index (χ4n) is 3.60. The molecular formula is C23H18ClN5O. The van der Waals surface area contributed by atoms with Crippen molar-refractivity contribution in [2.75, 3.05) is 10.6 Å². The molecule has 2 aromatic heterocycles. The van der Waals surface area contributed by atoms with E-state index in [0.717, 1.165) is 28.3 Å². The molecule has 0 bridgehead atoms. The van der Waals surface area contributed by atoms with Gasteiger partial charge in [-0.15, -0.1) is 0 Å². The van der Waals surface area contributed by atoms with Crippen LogP contribution in [0.25, 0.3) is 11.3 Å². The van der Waals surface area contributed by atoms with Gasteiger partial charge in [0.1, 0.15) is 5.82 Å². The van der Waals surface area contributed by atoms with Crippen LogP contribution in [0.4, 0.5) is 17.2 Å². The molecule has 0 saturated carbocycles. The Kier molecular flexibility index (Phi) is 4.48. The average Bonchev–Trinajstić information content (AvgIpc) is 3.10. The maximum absolute atomic E-state index is 13.4. The maximum atomic E-state index is 13.4. The number of nitrogens with one attached hydrogen (secondary N) is 2. The number of fused-ring (bicyclic) bond motifs is 2. The molecule has 5 rings (SSSR count). The second kappa shape index (κ2) is 7.31. The molecule has 0 radical (unpaired) electrons. The Bertz CT molecular complexity index is 1280. The molecule has 0 atom stereocenters. The highest BCUT2D eigenvalue weighted by molar-refractivity contribution is 6.35. The summed E-state index contributed by atoms with van der Waals surface area (Å²) in [5, 5.41) is 11.5. The fraction of sp³-hybridized carbons (Fsp3) is 0.0870. The van der Waals surface area contributed by atoms with Gasteiger partial charge in [-0.2, -0.15) is 5.10 Å². The maximum Gasteiger partial charge on any atom is 0.196 e. The lowest BCUT2D eigenvalue weighted by atomic mass is 9.99. The zero-order valence-electron chi connectivity index (χ0n) is 16.2. The topological polar surface area (TPSA) is 71.8 Å². The summed E-state index contributed by atoms with van der Waals surface area (Å²) in [5.74, 6) is 0.582. The molecule has 2 N–H and O–H groups in total. The van der Waals surface area contributed by atoms with E-state index in [2.05, 4.69) is 20.7 Å². The van der Waals surface area contributed by atoms with Gasteiger partial charge in [-0.05, 0) is 36.4 Å². The lowest BCUT2D eigenvalue weighted by Gasteiger charge is -2.14. The highest BCUT2D eigenvalue weighted by Crippen LogP contribution is 2.36. The molecule has 2 aromatic carbocycles. The number of hydrogen-bond acceptors (Lipinski definition) is 5. The van der Waals surface area contributed by atoms with Crippen molar-refractivity contribution in [3.8, 4) is 11.3 Å². The SMILES string of the molecule is Cn1ccc(-c2ccc(C(=O)c3cccc4c3Nc3ncccc3CN4)c(Cl)c2)n1. The second-order valence-corrected chi connectivity index (χ2v) is 7.52. The molecule has 148 valence electrons. The minimum atomic E-state index is -0.155. The molecule has 0 unspecified atom stereocenters. The molecule has 0 fully saturated rings. The zero-order valence-corrected chi connectivity index (χ0v) is 16.9. The molecular weight excluding hydrogens is 398 g/mol. The van der Waals surface area contributed by atoms with Crippen LogP contribution in [0, 0.1) is 0 Å². The monoisotopic (exact) mass is 415 g/mol. The van der Waals surface area contributed by atoms with Gasteiger partial charge >= 0.3 is 0 Å². The molecule has 1 aliphatic heterocycles. The number of carbonyl (C=O) groups is 1. The van der Waals surface area contributed by atoms with Crippen molar-refractivity contribution in [2.24, 2.45) is 7.05 Å². The predicted octanol–water partition coefficient (Wildman–Crippen LogP) is 5.04. The standard InChI is InChI=1S/C23H18ClN5O/c1-29-11-9-19(28-29)14-7-8-16(18(24)12-14)22(30)17-5-2-6-20-21(17)27-23-15(13-26-20)4-3-10-25-23/h2-12,26H,13H2,1H3,(H,25,27). The quantitative estimate of drug-likeness (QED) is 0.459. The van der Waals surface area contributed by atoms with Gasteiger partial charge in [-0.1, -0.05) is 29.8 Å². The van der Waals surface area contributed by atoms with Crippen LogP contribution >= 0.6 is 11.6 Å². The van der Waals surface area contributed by atoms with Gasteiger partial charge in [0, 0.05) is 48.2 Å². The molecule has 6 nitrogen and oxygen atoms in total. The number of aromatic nitrogens is 3. The summed E-state index contributed by atoms with van der Waals surface area (Å²) in [6, 6.07) is 16.8. The van der Waals surface area contributed by atoms with Gasteiger partial charge in [0.15, 0.2) is 5.78 Å². The van der Waals surface area contributed by atoms with Crippen molar-refractivity contribution >= 4 is 34.6 Å². The van der Waals surface area contributed by atoms with E-state index in [-0.39, 0.29) is 5.78 Å². The van der Waals surface area contributed by atoms with Crippen LogP contribution in [-0.2, 0) is 13.6 Å². The number of pyridine rings is 1. The van der Waals surface area contributed by atoms with E-state index in [1.807, 2.05) is 49.6 Å². The van der Waals surface area contributed by atoms with Crippen molar-refractivity contribution in [3.63, 3.8) is 0 Å². The molecule has 0 saturated heterocycles. The summed E-state index contributed by atoms with van der Waals surface area (Å²) in [6.45, 7) is 0.625. The normalized spacial score (nSPS) is 12.2. The number of benzene rings is 2. The fourth-order valence-corrected chi connectivity index (χ4v) is 3.87. The molecule has 0 aliphatic carbocycles. The van der Waals surface area contributed by atoms with Gasteiger partial charge < -0.3 is 10.6 Å². The van der Waals surface area contributed by atoms with E-state index in [0.29, 0.717) is 28.4 Å². The van der Waals surface area contributed by atoms with Crippen molar-refractivity contribution in [3.05, 3.63) is 88.7 Å². The Morgan fingerprint density at radius 2 is 2.00 bits per heavy atom. The first kappa shape index (κ1) is 18.4. The lowest BCUT2D eigenvalue weighted by molar-refractivity contribution is 0.103. The van der Waals surface area contributed by atoms with E-state index in [9.17, 15) is 4.79 Å². The molecule has 7 heteroatoms. The first-order valence-corrected chi connectivity index (χ1v) is 9.90. The highest BCUT2D eigenvalue weighted by Gasteiger charge is 2.22. The summed E-state index contributed by atoms with van der Waals surface area (Å²) < 4.78 is 1.73. The summed E-state index contributed by atoms with van der Waals surface area (Å²) in [7, 11) is 1.86. The van der Waals surface area contributed by atoms with E-state index in [1.165, 1.54) is 0 Å². The third kappa shape index (κ3) is 3.21.